The van der Waals surface area contributed by atoms with E-state index < -0.39 is 25.8 Å². The highest BCUT2D eigenvalue weighted by Crippen LogP contribution is 2.24. The highest BCUT2D eigenvalue weighted by Gasteiger charge is 2.31. The summed E-state index contributed by atoms with van der Waals surface area (Å²) in [5, 5.41) is 0. The number of piperidine rings is 1. The number of hydrogen-bond donors (Lipinski definition) is 0. The summed E-state index contributed by atoms with van der Waals surface area (Å²) in [5.74, 6) is -0.716. The zero-order valence-electron chi connectivity index (χ0n) is 7.60. The van der Waals surface area contributed by atoms with Crippen molar-refractivity contribution in [2.75, 3.05) is 19.5 Å². The van der Waals surface area contributed by atoms with Crippen molar-refractivity contribution in [2.45, 2.75) is 19.3 Å². The molecule has 0 N–H and O–H groups in total. The van der Waals surface area contributed by atoms with Gasteiger partial charge in [0.25, 0.3) is 0 Å². The molecule has 14 heavy (non-hydrogen) atoms. The van der Waals surface area contributed by atoms with Crippen molar-refractivity contribution < 1.29 is 21.7 Å². The number of hydrogen-bond acceptors (Lipinski definition) is 1. The van der Waals surface area contributed by atoms with E-state index in [0.717, 1.165) is 0 Å². The minimum absolute atomic E-state index is 0.135. The van der Waals surface area contributed by atoms with Gasteiger partial charge in [-0.25, -0.2) is 8.78 Å². The van der Waals surface area contributed by atoms with Crippen LogP contribution in [0.3, 0.4) is 0 Å². The first kappa shape index (κ1) is 11.7. The summed E-state index contributed by atoms with van der Waals surface area (Å²) in [5.41, 5.74) is 0. The largest absolute Gasteiger partial charge is 0.492 e. The fourth-order valence-corrected chi connectivity index (χ4v) is 1.68. The number of nitrogens with zero attached hydrogens (tertiary/aromatic N) is 1. The molecule has 0 bridgehead atoms. The van der Waals surface area contributed by atoms with Gasteiger partial charge in [-0.2, -0.15) is 0 Å². The molecule has 0 amide bonds. The Morgan fingerprint density at radius 2 is 1.64 bits per heavy atom. The predicted octanol–water partition coefficient (Wildman–Crippen LogP) is 2.35. The van der Waals surface area contributed by atoms with Gasteiger partial charge in [-0.05, 0) is 32.4 Å². The van der Waals surface area contributed by atoms with Crippen molar-refractivity contribution in [1.29, 1.82) is 0 Å². The molecule has 0 aromatic carbocycles. The van der Waals surface area contributed by atoms with E-state index >= 15 is 0 Å². The number of alkyl halides is 2. The van der Waals surface area contributed by atoms with Gasteiger partial charge >= 0.3 is 6.98 Å². The molecule has 1 aliphatic rings. The molecular weight excluding hydrogens is 204 g/mol. The van der Waals surface area contributed by atoms with Gasteiger partial charge in [0.1, 0.15) is 0 Å². The third-order valence-corrected chi connectivity index (χ3v) is 2.45. The fraction of sp³-hybridized carbons (Fsp3) is 1.00. The van der Waals surface area contributed by atoms with E-state index in [4.69, 9.17) is 0 Å². The first-order chi connectivity index (χ1) is 6.38. The number of likely N-dealkylation sites (tertiary alicyclic amines) is 1. The highest BCUT2D eigenvalue weighted by molar-refractivity contribution is 6.58. The third-order valence-electron chi connectivity index (χ3n) is 2.45. The Hall–Kier alpha value is -0.325. The summed E-state index contributed by atoms with van der Waals surface area (Å²) in [7, 11) is 0. The van der Waals surface area contributed by atoms with Crippen LogP contribution in [0.15, 0.2) is 0 Å². The molecule has 1 nitrogen and oxygen atoms in total. The Kier molecular flexibility index (Phi) is 3.75. The van der Waals surface area contributed by atoms with E-state index in [0.29, 0.717) is 0 Å². The van der Waals surface area contributed by atoms with Crippen molar-refractivity contribution in [1.82, 2.24) is 4.90 Å². The maximum Gasteiger partial charge on any atom is 0.492 e. The summed E-state index contributed by atoms with van der Waals surface area (Å²) in [4.78, 5) is 1.21. The summed E-state index contributed by atoms with van der Waals surface area (Å²) in [6, 6.07) is 0. The van der Waals surface area contributed by atoms with Crippen LogP contribution in [0, 0.1) is 5.92 Å². The first-order valence-electron chi connectivity index (χ1n) is 4.60. The lowest BCUT2D eigenvalue weighted by atomic mass is 9.88. The van der Waals surface area contributed by atoms with Crippen LogP contribution < -0.4 is 0 Å². The Bertz CT molecular complexity index is 175. The van der Waals surface area contributed by atoms with E-state index in [1.54, 1.807) is 0 Å². The molecule has 0 atom stereocenters. The van der Waals surface area contributed by atoms with Gasteiger partial charge in [0.05, 0.1) is 0 Å². The summed E-state index contributed by atoms with van der Waals surface area (Å²) >= 11 is 0. The van der Waals surface area contributed by atoms with Gasteiger partial charge in [0.15, 0.2) is 0 Å². The van der Waals surface area contributed by atoms with Crippen LogP contribution in [0.4, 0.5) is 21.7 Å². The Morgan fingerprint density at radius 3 is 2.00 bits per heavy atom. The van der Waals surface area contributed by atoms with Gasteiger partial charge in [-0.1, -0.05) is 0 Å². The van der Waals surface area contributed by atoms with Gasteiger partial charge in [-0.15, -0.1) is 0 Å². The fourth-order valence-electron chi connectivity index (χ4n) is 1.68. The minimum atomic E-state index is -4.82. The van der Waals surface area contributed by atoms with Gasteiger partial charge in [0.2, 0.25) is 6.43 Å². The van der Waals surface area contributed by atoms with E-state index in [-0.39, 0.29) is 25.9 Å². The van der Waals surface area contributed by atoms with Crippen LogP contribution in [0.1, 0.15) is 12.8 Å². The maximum absolute atomic E-state index is 12.1. The molecular formula is C7H12BF5N-. The van der Waals surface area contributed by atoms with Crippen molar-refractivity contribution in [3.63, 3.8) is 0 Å². The van der Waals surface area contributed by atoms with Crippen LogP contribution in [0.2, 0.25) is 0 Å². The Morgan fingerprint density at radius 1 is 1.14 bits per heavy atom. The number of halogens is 5. The summed E-state index contributed by atoms with van der Waals surface area (Å²) < 4.78 is 60.2. The zero-order chi connectivity index (χ0) is 10.8. The average Bonchev–Trinajstić information content (AvgIpc) is 2.02. The summed E-state index contributed by atoms with van der Waals surface area (Å²) in [6.07, 6.45) is -2.97. The van der Waals surface area contributed by atoms with E-state index in [1.807, 2.05) is 0 Å². The van der Waals surface area contributed by atoms with Crippen molar-refractivity contribution in [2.24, 2.45) is 5.92 Å². The number of rotatable bonds is 3. The molecule has 84 valence electrons. The average molecular weight is 216 g/mol. The van der Waals surface area contributed by atoms with Crippen LogP contribution in [0.25, 0.3) is 0 Å². The highest BCUT2D eigenvalue weighted by atomic mass is 19.4. The predicted molar refractivity (Wildman–Crippen MR) is 44.2 cm³/mol. The second kappa shape index (κ2) is 4.46. The SMILES string of the molecule is FC(F)C1CCN(C[B-](F)(F)F)CC1. The van der Waals surface area contributed by atoms with Crippen LogP contribution in [-0.2, 0) is 0 Å². The quantitative estimate of drug-likeness (QED) is 0.517. The molecule has 1 fully saturated rings. The molecule has 0 radical (unpaired) electrons. The molecule has 1 heterocycles. The molecule has 0 spiro atoms. The van der Waals surface area contributed by atoms with E-state index in [1.165, 1.54) is 4.90 Å². The lowest BCUT2D eigenvalue weighted by Gasteiger charge is -2.34. The molecule has 0 aromatic rings. The van der Waals surface area contributed by atoms with E-state index in [2.05, 4.69) is 0 Å². The van der Waals surface area contributed by atoms with Crippen LogP contribution >= 0.6 is 0 Å². The standard InChI is InChI=1S/C7H12BF5N/c9-7(10)6-1-3-14(4-2-6)5-8(11,12)13/h6-7H,1-5H2/q-1. The van der Waals surface area contributed by atoms with Crippen LogP contribution in [0.5, 0.6) is 0 Å². The van der Waals surface area contributed by atoms with Crippen molar-refractivity contribution in [3.8, 4) is 0 Å². The molecule has 0 aliphatic carbocycles. The minimum Gasteiger partial charge on any atom is -0.448 e. The van der Waals surface area contributed by atoms with Crippen molar-refractivity contribution >= 4 is 6.98 Å². The summed E-state index contributed by atoms with van der Waals surface area (Å²) in [6.45, 7) is -4.55. The lowest BCUT2D eigenvalue weighted by molar-refractivity contribution is 0.0374. The van der Waals surface area contributed by atoms with Gasteiger partial charge in [0, 0.05) is 5.92 Å². The maximum atomic E-state index is 12.1. The Labute approximate surface area is 79.3 Å². The second-order valence-electron chi connectivity index (χ2n) is 3.68. The lowest BCUT2D eigenvalue weighted by Crippen LogP contribution is -2.43. The second-order valence-corrected chi connectivity index (χ2v) is 3.68. The smallest absolute Gasteiger partial charge is 0.448 e. The van der Waals surface area contributed by atoms with Gasteiger partial charge in [-0.3, -0.25) is 0 Å². The zero-order valence-corrected chi connectivity index (χ0v) is 7.60. The molecule has 1 rings (SSSR count). The Balaban J connectivity index is 2.29. The van der Waals surface area contributed by atoms with Crippen LogP contribution in [-0.4, -0.2) is 37.8 Å². The normalized spacial score (nSPS) is 21.9. The van der Waals surface area contributed by atoms with Crippen molar-refractivity contribution in [3.05, 3.63) is 0 Å². The molecule has 0 unspecified atom stereocenters. The van der Waals surface area contributed by atoms with E-state index in [9.17, 15) is 21.7 Å². The molecule has 1 saturated heterocycles. The molecule has 7 heteroatoms. The molecule has 1 aliphatic heterocycles. The molecule has 0 saturated carbocycles. The van der Waals surface area contributed by atoms with Gasteiger partial charge < -0.3 is 17.8 Å². The monoisotopic (exact) mass is 216 g/mol. The third kappa shape index (κ3) is 3.81. The molecule has 0 aromatic heterocycles. The first-order valence-corrected chi connectivity index (χ1v) is 4.60. The topological polar surface area (TPSA) is 3.24 Å².